The largest absolute Gasteiger partial charge is 0.491 e. The van der Waals surface area contributed by atoms with Gasteiger partial charge in [-0.15, -0.1) is 10.2 Å². The number of benzene rings is 2. The number of hydrogen-bond acceptors (Lipinski definition) is 8. The number of nitrogens with zero attached hydrogens (tertiary/aromatic N) is 3. The zero-order valence-electron chi connectivity index (χ0n) is 20.9. The van der Waals surface area contributed by atoms with E-state index in [2.05, 4.69) is 25.3 Å². The molecule has 37 heavy (non-hydrogen) atoms. The standard InChI is InChI=1S/C24H27ClFN5O5S/c1-12-6-8-17(26)19(13(12)2)14(3)21(23-27-30-31-28-23)29-37(33,34)18-9-7-16(25)20-22(18)35-11-10-24(20,5)36-15(4)32/h6-9,14,21,29H,10-11H2,1-5H3,(H,27,28,30,31). The van der Waals surface area contributed by atoms with Gasteiger partial charge in [0.25, 0.3) is 0 Å². The lowest BCUT2D eigenvalue weighted by atomic mass is 9.88. The summed E-state index contributed by atoms with van der Waals surface area (Å²) >= 11 is 6.44. The van der Waals surface area contributed by atoms with E-state index in [1.807, 2.05) is 6.92 Å². The number of rotatable bonds is 7. The molecule has 1 aliphatic heterocycles. The van der Waals surface area contributed by atoms with Crippen LogP contribution >= 0.6 is 11.6 Å². The normalized spacial score (nSPS) is 19.0. The van der Waals surface area contributed by atoms with E-state index >= 15 is 0 Å². The first-order valence-electron chi connectivity index (χ1n) is 11.5. The maximum atomic E-state index is 15.0. The highest BCUT2D eigenvalue weighted by molar-refractivity contribution is 7.89. The molecule has 0 bridgehead atoms. The number of aromatic nitrogens is 4. The van der Waals surface area contributed by atoms with Crippen LogP contribution in [-0.2, 0) is 25.2 Å². The number of nitrogens with one attached hydrogen (secondary N) is 2. The molecule has 1 aliphatic rings. The highest BCUT2D eigenvalue weighted by Gasteiger charge is 2.42. The number of tetrazole rings is 1. The number of aromatic amines is 1. The molecule has 0 amide bonds. The fourth-order valence-corrected chi connectivity index (χ4v) is 6.49. The van der Waals surface area contributed by atoms with Gasteiger partial charge in [0.15, 0.2) is 5.82 Å². The van der Waals surface area contributed by atoms with Gasteiger partial charge in [-0.1, -0.05) is 29.8 Å². The number of carbonyl (C=O) groups is 1. The van der Waals surface area contributed by atoms with Crippen molar-refractivity contribution in [3.63, 3.8) is 0 Å². The van der Waals surface area contributed by atoms with Crippen molar-refractivity contribution in [1.82, 2.24) is 25.3 Å². The third-order valence-electron chi connectivity index (χ3n) is 6.69. The molecule has 0 saturated carbocycles. The predicted molar refractivity (Wildman–Crippen MR) is 132 cm³/mol. The zero-order chi connectivity index (χ0) is 27.1. The topological polar surface area (TPSA) is 136 Å². The minimum Gasteiger partial charge on any atom is -0.491 e. The molecule has 3 unspecified atom stereocenters. The van der Waals surface area contributed by atoms with E-state index in [4.69, 9.17) is 21.1 Å². The number of H-pyrrole nitrogens is 1. The first-order chi connectivity index (χ1) is 17.4. The molecule has 0 aliphatic carbocycles. The molecule has 2 aromatic carbocycles. The summed E-state index contributed by atoms with van der Waals surface area (Å²) in [6.45, 7) is 8.30. The van der Waals surface area contributed by atoms with Crippen LogP contribution in [-0.4, -0.2) is 41.6 Å². The lowest BCUT2D eigenvalue weighted by Crippen LogP contribution is -2.37. The maximum absolute atomic E-state index is 15.0. The van der Waals surface area contributed by atoms with Crippen LogP contribution in [0.4, 0.5) is 4.39 Å². The number of carbonyl (C=O) groups excluding carboxylic acids is 1. The Balaban J connectivity index is 1.81. The molecule has 0 fully saturated rings. The molecule has 4 rings (SSSR count). The number of ether oxygens (including phenoxy) is 2. The second-order valence-corrected chi connectivity index (χ2v) is 11.3. The Hall–Kier alpha value is -3.09. The molecule has 198 valence electrons. The summed E-state index contributed by atoms with van der Waals surface area (Å²) in [5.74, 6) is -1.73. The Bertz CT molecular complexity index is 1450. The highest BCUT2D eigenvalue weighted by Crippen LogP contribution is 2.47. The van der Waals surface area contributed by atoms with Crippen molar-refractivity contribution in [3.05, 3.63) is 63.2 Å². The summed E-state index contributed by atoms with van der Waals surface area (Å²) in [5, 5.41) is 14.0. The van der Waals surface area contributed by atoms with Crippen LogP contribution in [0, 0.1) is 19.7 Å². The molecule has 0 saturated heterocycles. The van der Waals surface area contributed by atoms with Crippen molar-refractivity contribution < 1.29 is 27.1 Å². The van der Waals surface area contributed by atoms with E-state index < -0.39 is 39.4 Å². The second-order valence-electron chi connectivity index (χ2n) is 9.23. The summed E-state index contributed by atoms with van der Waals surface area (Å²) in [6.07, 6.45) is 0.282. The van der Waals surface area contributed by atoms with Crippen LogP contribution < -0.4 is 9.46 Å². The molecule has 10 nitrogen and oxygen atoms in total. The highest BCUT2D eigenvalue weighted by atomic mass is 35.5. The van der Waals surface area contributed by atoms with E-state index in [1.54, 1.807) is 26.8 Å². The van der Waals surface area contributed by atoms with Gasteiger partial charge in [0.2, 0.25) is 10.0 Å². The van der Waals surface area contributed by atoms with Gasteiger partial charge in [-0.25, -0.2) is 12.8 Å². The number of aryl methyl sites for hydroxylation is 1. The zero-order valence-corrected chi connectivity index (χ0v) is 22.5. The molecular weight excluding hydrogens is 525 g/mol. The van der Waals surface area contributed by atoms with E-state index in [0.717, 1.165) is 5.56 Å². The summed E-state index contributed by atoms with van der Waals surface area (Å²) in [7, 11) is -4.33. The molecule has 13 heteroatoms. The summed E-state index contributed by atoms with van der Waals surface area (Å²) in [5.41, 5.74) is 0.925. The number of fused-ring (bicyclic) bond motifs is 1. The molecule has 2 N–H and O–H groups in total. The molecule has 0 spiro atoms. The van der Waals surface area contributed by atoms with Crippen LogP contribution in [0.3, 0.4) is 0 Å². The van der Waals surface area contributed by atoms with E-state index in [0.29, 0.717) is 11.1 Å². The van der Waals surface area contributed by atoms with Gasteiger partial charge in [-0.3, -0.25) is 4.79 Å². The van der Waals surface area contributed by atoms with Crippen molar-refractivity contribution in [1.29, 1.82) is 0 Å². The van der Waals surface area contributed by atoms with Crippen molar-refractivity contribution >= 4 is 27.6 Å². The van der Waals surface area contributed by atoms with E-state index in [-0.39, 0.29) is 40.1 Å². The monoisotopic (exact) mass is 551 g/mol. The van der Waals surface area contributed by atoms with Crippen molar-refractivity contribution in [2.45, 2.75) is 63.5 Å². The number of esters is 1. The van der Waals surface area contributed by atoms with Gasteiger partial charge in [0.05, 0.1) is 23.2 Å². The summed E-state index contributed by atoms with van der Waals surface area (Å²) in [6, 6.07) is 4.62. The smallest absolute Gasteiger partial charge is 0.303 e. The minimum atomic E-state index is -4.33. The van der Waals surface area contributed by atoms with Crippen molar-refractivity contribution in [2.75, 3.05) is 6.61 Å². The van der Waals surface area contributed by atoms with Crippen LogP contribution in [0.5, 0.6) is 5.75 Å². The third-order valence-corrected chi connectivity index (χ3v) is 8.47. The average molecular weight is 552 g/mol. The van der Waals surface area contributed by atoms with Crippen LogP contribution in [0.25, 0.3) is 0 Å². The minimum absolute atomic E-state index is 0.0209. The first kappa shape index (κ1) is 27.0. The van der Waals surface area contributed by atoms with Crippen LogP contribution in [0.1, 0.15) is 67.2 Å². The Morgan fingerprint density at radius 3 is 2.68 bits per heavy atom. The molecule has 0 radical (unpaired) electrons. The third kappa shape index (κ3) is 5.05. The summed E-state index contributed by atoms with van der Waals surface area (Å²) in [4.78, 5) is 11.6. The van der Waals surface area contributed by atoms with Gasteiger partial charge in [0, 0.05) is 19.3 Å². The second kappa shape index (κ2) is 9.99. The molecule has 3 atom stereocenters. The Kier molecular flexibility index (Phi) is 7.28. The van der Waals surface area contributed by atoms with Gasteiger partial charge in [0.1, 0.15) is 22.1 Å². The fraction of sp³-hybridized carbons (Fsp3) is 0.417. The van der Waals surface area contributed by atoms with Gasteiger partial charge in [-0.2, -0.15) is 9.94 Å². The van der Waals surface area contributed by atoms with Crippen LogP contribution in [0.15, 0.2) is 29.2 Å². The average Bonchev–Trinajstić information content (AvgIpc) is 3.34. The number of halogens is 2. The van der Waals surface area contributed by atoms with E-state index in [1.165, 1.54) is 25.1 Å². The maximum Gasteiger partial charge on any atom is 0.303 e. The van der Waals surface area contributed by atoms with Gasteiger partial charge < -0.3 is 9.47 Å². The van der Waals surface area contributed by atoms with Crippen molar-refractivity contribution in [2.24, 2.45) is 0 Å². The molecule has 2 heterocycles. The predicted octanol–water partition coefficient (Wildman–Crippen LogP) is 3.99. The Labute approximate surface area is 218 Å². The first-order valence-corrected chi connectivity index (χ1v) is 13.4. The lowest BCUT2D eigenvalue weighted by Gasteiger charge is -2.36. The molecular formula is C24H27ClFN5O5S. The van der Waals surface area contributed by atoms with E-state index in [9.17, 15) is 17.6 Å². The quantitative estimate of drug-likeness (QED) is 0.421. The fourth-order valence-electron chi connectivity index (χ4n) is 4.72. The summed E-state index contributed by atoms with van der Waals surface area (Å²) < 4.78 is 56.5. The lowest BCUT2D eigenvalue weighted by molar-refractivity contribution is -0.159. The van der Waals surface area contributed by atoms with Crippen LogP contribution in [0.2, 0.25) is 5.02 Å². The van der Waals surface area contributed by atoms with Gasteiger partial charge >= 0.3 is 5.97 Å². The number of hydrogen-bond donors (Lipinski definition) is 2. The SMILES string of the molecule is CC(=O)OC1(C)CCOc2c(S(=O)(=O)NC(c3nn[nH]n3)C(C)c3c(F)ccc(C)c3C)ccc(Cl)c21. The van der Waals surface area contributed by atoms with Gasteiger partial charge in [-0.05, 0) is 55.7 Å². The molecule has 3 aromatic rings. The Morgan fingerprint density at radius 2 is 2.03 bits per heavy atom. The Morgan fingerprint density at radius 1 is 1.30 bits per heavy atom. The molecule has 1 aromatic heterocycles. The van der Waals surface area contributed by atoms with Crippen molar-refractivity contribution in [3.8, 4) is 5.75 Å². The number of sulfonamides is 1.